The molecule has 8 nitrogen and oxygen atoms in total. The number of aromatic nitrogens is 1. The SMILES string of the molecule is COC(=O)Cn1c(=NC(=O)c2ccccc2NS(=O)(=O)c2ccc(Cl)cc2)sc2cc(C)c(C)cc21. The largest absolute Gasteiger partial charge is 0.468 e. The number of aryl methyl sites for hydroxylation is 2. The fourth-order valence-electron chi connectivity index (χ4n) is 3.48. The van der Waals surface area contributed by atoms with Gasteiger partial charge in [-0.1, -0.05) is 35.1 Å². The molecule has 1 N–H and O–H groups in total. The normalized spacial score (nSPS) is 12.1. The minimum absolute atomic E-state index is 0.00254. The van der Waals surface area contributed by atoms with E-state index in [9.17, 15) is 18.0 Å². The van der Waals surface area contributed by atoms with E-state index < -0.39 is 21.9 Å². The highest BCUT2D eigenvalue weighted by Gasteiger charge is 2.19. The Balaban J connectivity index is 1.78. The highest BCUT2D eigenvalue weighted by Crippen LogP contribution is 2.24. The number of sulfonamides is 1. The van der Waals surface area contributed by atoms with Crippen LogP contribution < -0.4 is 9.52 Å². The highest BCUT2D eigenvalue weighted by molar-refractivity contribution is 7.92. The van der Waals surface area contributed by atoms with E-state index in [2.05, 4.69) is 9.71 Å². The van der Waals surface area contributed by atoms with Gasteiger partial charge < -0.3 is 9.30 Å². The Morgan fingerprint density at radius 3 is 2.42 bits per heavy atom. The molecule has 4 rings (SSSR count). The molecule has 4 aromatic rings. The number of carbonyl (C=O) groups excluding carboxylic acids is 2. The van der Waals surface area contributed by atoms with Crippen LogP contribution in [-0.2, 0) is 26.1 Å². The Morgan fingerprint density at radius 2 is 1.72 bits per heavy atom. The molecule has 3 aromatic carbocycles. The summed E-state index contributed by atoms with van der Waals surface area (Å²) < 4.78 is 35.5. The Morgan fingerprint density at radius 1 is 1.06 bits per heavy atom. The number of thiazole rings is 1. The van der Waals surface area contributed by atoms with Crippen LogP contribution in [0.25, 0.3) is 10.2 Å². The van der Waals surface area contributed by atoms with Crippen molar-refractivity contribution >= 4 is 60.7 Å². The number of nitrogens with one attached hydrogen (secondary N) is 1. The van der Waals surface area contributed by atoms with E-state index in [0.29, 0.717) is 9.82 Å². The van der Waals surface area contributed by atoms with Gasteiger partial charge in [0.25, 0.3) is 15.9 Å². The first-order chi connectivity index (χ1) is 17.1. The van der Waals surface area contributed by atoms with E-state index >= 15 is 0 Å². The number of nitrogens with zero attached hydrogens (tertiary/aromatic N) is 2. The summed E-state index contributed by atoms with van der Waals surface area (Å²) in [6, 6.07) is 15.8. The molecule has 0 aliphatic rings. The van der Waals surface area contributed by atoms with Crippen molar-refractivity contribution in [2.45, 2.75) is 25.3 Å². The highest BCUT2D eigenvalue weighted by atomic mass is 35.5. The molecule has 0 spiro atoms. The number of para-hydroxylation sites is 1. The van der Waals surface area contributed by atoms with E-state index in [1.54, 1.807) is 16.7 Å². The standard InChI is InChI=1S/C25H22ClN3O5S2/c1-15-12-21-22(13-16(15)2)35-25(29(21)14-23(30)34-3)27-24(31)19-6-4-5-7-20(19)28-36(32,33)18-10-8-17(26)9-11-18/h4-13,28H,14H2,1-3H3. The van der Waals surface area contributed by atoms with Crippen molar-refractivity contribution in [1.29, 1.82) is 0 Å². The Hall–Kier alpha value is -3.47. The molecule has 0 aliphatic heterocycles. The average molecular weight is 544 g/mol. The van der Waals surface area contributed by atoms with Gasteiger partial charge in [0.2, 0.25) is 0 Å². The minimum Gasteiger partial charge on any atom is -0.468 e. The summed E-state index contributed by atoms with van der Waals surface area (Å²) in [4.78, 5) is 29.9. The maximum atomic E-state index is 13.3. The first-order valence-corrected chi connectivity index (χ1v) is 13.4. The molecule has 1 aromatic heterocycles. The molecule has 0 aliphatic carbocycles. The zero-order valence-electron chi connectivity index (χ0n) is 19.6. The van der Waals surface area contributed by atoms with Crippen LogP contribution in [0.15, 0.2) is 70.6 Å². The summed E-state index contributed by atoms with van der Waals surface area (Å²) >= 11 is 7.12. The number of ether oxygens (including phenoxy) is 1. The molecule has 1 heterocycles. The number of amides is 1. The molecule has 0 atom stereocenters. The number of hydrogen-bond acceptors (Lipinski definition) is 6. The quantitative estimate of drug-likeness (QED) is 0.355. The molecule has 0 bridgehead atoms. The van der Waals surface area contributed by atoms with Gasteiger partial charge in [-0.25, -0.2) is 8.42 Å². The number of esters is 1. The fourth-order valence-corrected chi connectivity index (χ4v) is 5.79. The van der Waals surface area contributed by atoms with Crippen LogP contribution in [0, 0.1) is 13.8 Å². The van der Waals surface area contributed by atoms with Gasteiger partial charge in [-0.15, -0.1) is 0 Å². The molecule has 36 heavy (non-hydrogen) atoms. The fraction of sp³-hybridized carbons (Fsp3) is 0.160. The molecule has 0 radical (unpaired) electrons. The minimum atomic E-state index is -3.98. The van der Waals surface area contributed by atoms with Gasteiger partial charge in [0.15, 0.2) is 4.80 Å². The number of fused-ring (bicyclic) bond motifs is 1. The lowest BCUT2D eigenvalue weighted by Crippen LogP contribution is -2.23. The molecular weight excluding hydrogens is 522 g/mol. The number of halogens is 1. The second-order valence-corrected chi connectivity index (χ2v) is 11.1. The van der Waals surface area contributed by atoms with Gasteiger partial charge in [0, 0.05) is 5.02 Å². The van der Waals surface area contributed by atoms with Crippen molar-refractivity contribution in [3.63, 3.8) is 0 Å². The summed E-state index contributed by atoms with van der Waals surface area (Å²) in [5.74, 6) is -1.15. The number of hydrogen-bond donors (Lipinski definition) is 1. The van der Waals surface area contributed by atoms with Crippen molar-refractivity contribution in [1.82, 2.24) is 4.57 Å². The Labute approximate surface area is 216 Å². The first-order valence-electron chi connectivity index (χ1n) is 10.7. The molecule has 0 saturated heterocycles. The zero-order valence-corrected chi connectivity index (χ0v) is 22.0. The smallest absolute Gasteiger partial charge is 0.325 e. The van der Waals surface area contributed by atoms with Gasteiger partial charge in [-0.05, 0) is 73.5 Å². The van der Waals surface area contributed by atoms with Gasteiger partial charge in [-0.3, -0.25) is 14.3 Å². The van der Waals surface area contributed by atoms with Crippen LogP contribution in [0.4, 0.5) is 5.69 Å². The van der Waals surface area contributed by atoms with E-state index in [1.807, 2.05) is 26.0 Å². The first kappa shape index (κ1) is 25.6. The number of carbonyl (C=O) groups is 2. The topological polar surface area (TPSA) is 107 Å². The lowest BCUT2D eigenvalue weighted by Gasteiger charge is -2.11. The molecule has 1 amide bonds. The van der Waals surface area contributed by atoms with Crippen molar-refractivity contribution in [3.05, 3.63) is 87.2 Å². The second kappa shape index (κ2) is 10.3. The van der Waals surface area contributed by atoms with Crippen LogP contribution in [0.5, 0.6) is 0 Å². The van der Waals surface area contributed by atoms with E-state index in [-0.39, 0.29) is 22.7 Å². The van der Waals surface area contributed by atoms with Crippen LogP contribution in [0.2, 0.25) is 5.02 Å². The summed E-state index contributed by atoms with van der Waals surface area (Å²) in [5.41, 5.74) is 2.97. The van der Waals surface area contributed by atoms with Crippen LogP contribution in [-0.4, -0.2) is 32.0 Å². The van der Waals surface area contributed by atoms with Gasteiger partial charge in [0.1, 0.15) is 6.54 Å². The Bertz CT molecular complexity index is 1660. The Kier molecular flexibility index (Phi) is 7.30. The maximum Gasteiger partial charge on any atom is 0.325 e. The van der Waals surface area contributed by atoms with Crippen molar-refractivity contribution < 1.29 is 22.7 Å². The van der Waals surface area contributed by atoms with Crippen molar-refractivity contribution in [2.24, 2.45) is 4.99 Å². The van der Waals surface area contributed by atoms with Crippen LogP contribution >= 0.6 is 22.9 Å². The molecule has 0 unspecified atom stereocenters. The number of methoxy groups -OCH3 is 1. The van der Waals surface area contributed by atoms with Crippen molar-refractivity contribution in [3.8, 4) is 0 Å². The predicted octanol–water partition coefficient (Wildman–Crippen LogP) is 4.69. The lowest BCUT2D eigenvalue weighted by molar-refractivity contribution is -0.141. The van der Waals surface area contributed by atoms with Crippen LogP contribution in [0.1, 0.15) is 21.5 Å². The second-order valence-electron chi connectivity index (χ2n) is 7.97. The van der Waals surface area contributed by atoms with Gasteiger partial charge in [0.05, 0.1) is 33.5 Å². The van der Waals surface area contributed by atoms with Gasteiger partial charge in [-0.2, -0.15) is 4.99 Å². The van der Waals surface area contributed by atoms with E-state index in [4.69, 9.17) is 16.3 Å². The third kappa shape index (κ3) is 5.35. The molecule has 11 heteroatoms. The lowest BCUT2D eigenvalue weighted by atomic mass is 10.1. The predicted molar refractivity (Wildman–Crippen MR) is 140 cm³/mol. The average Bonchev–Trinajstić information content (AvgIpc) is 3.14. The number of benzene rings is 3. The van der Waals surface area contributed by atoms with Gasteiger partial charge >= 0.3 is 5.97 Å². The molecular formula is C25H22ClN3O5S2. The van der Waals surface area contributed by atoms with E-state index in [1.165, 1.54) is 54.8 Å². The molecule has 186 valence electrons. The molecule has 0 saturated carbocycles. The summed E-state index contributed by atoms with van der Waals surface area (Å²) in [6.07, 6.45) is 0. The maximum absolute atomic E-state index is 13.3. The van der Waals surface area contributed by atoms with E-state index in [0.717, 1.165) is 21.3 Å². The number of anilines is 1. The zero-order chi connectivity index (χ0) is 26.0. The third-order valence-electron chi connectivity index (χ3n) is 5.54. The van der Waals surface area contributed by atoms with Crippen LogP contribution in [0.3, 0.4) is 0 Å². The summed E-state index contributed by atoms with van der Waals surface area (Å²) in [5, 5.41) is 0.400. The summed E-state index contributed by atoms with van der Waals surface area (Å²) in [6.45, 7) is 3.81. The summed E-state index contributed by atoms with van der Waals surface area (Å²) in [7, 11) is -2.69. The third-order valence-corrected chi connectivity index (χ3v) is 8.21. The monoisotopic (exact) mass is 543 g/mol. The van der Waals surface area contributed by atoms with Crippen molar-refractivity contribution in [2.75, 3.05) is 11.8 Å². The number of rotatable bonds is 6. The molecule has 0 fully saturated rings.